The zero-order valence-corrected chi connectivity index (χ0v) is 5.85. The molecule has 0 aliphatic heterocycles. The fraction of sp³-hybridized carbons (Fsp3) is 0.500. The van der Waals surface area contributed by atoms with Gasteiger partial charge in [0.2, 0.25) is 0 Å². The molecule has 1 aliphatic rings. The van der Waals surface area contributed by atoms with Crippen LogP contribution in [0.5, 0.6) is 0 Å². The van der Waals surface area contributed by atoms with Crippen molar-refractivity contribution in [1.82, 2.24) is 0 Å². The molecule has 1 unspecified atom stereocenters. The maximum atomic E-state index is 5.86. The second kappa shape index (κ2) is 1.99. The molecule has 0 fully saturated rings. The van der Waals surface area contributed by atoms with Gasteiger partial charge in [-0.2, -0.15) is 0 Å². The molecule has 1 atom stereocenters. The van der Waals surface area contributed by atoms with Crippen molar-refractivity contribution in [2.24, 2.45) is 5.73 Å². The number of hydrogen-bond acceptors (Lipinski definition) is 1. The zero-order valence-electron chi connectivity index (χ0n) is 5.85. The van der Waals surface area contributed by atoms with Gasteiger partial charge in [0, 0.05) is 5.54 Å². The lowest BCUT2D eigenvalue weighted by Gasteiger charge is -2.26. The van der Waals surface area contributed by atoms with Crippen LogP contribution in [-0.2, 0) is 0 Å². The molecule has 50 valence electrons. The zero-order chi connectivity index (χ0) is 6.91. The third-order valence-corrected chi connectivity index (χ3v) is 1.57. The van der Waals surface area contributed by atoms with Crippen molar-refractivity contribution in [2.45, 2.75) is 25.3 Å². The van der Waals surface area contributed by atoms with E-state index < -0.39 is 0 Å². The number of rotatable bonds is 0. The highest BCUT2D eigenvalue weighted by Gasteiger charge is 2.19. The average Bonchev–Trinajstić information content (AvgIpc) is 1.60. The van der Waals surface area contributed by atoms with Crippen LogP contribution >= 0.6 is 0 Å². The lowest BCUT2D eigenvalue weighted by atomic mass is 9.86. The fourth-order valence-electron chi connectivity index (χ4n) is 1.14. The Bertz CT molecular complexity index is 154. The van der Waals surface area contributed by atoms with Gasteiger partial charge in [-0.1, -0.05) is 24.3 Å². The quantitative estimate of drug-likeness (QED) is 0.520. The minimum absolute atomic E-state index is 0.0359. The first kappa shape index (κ1) is 6.56. The van der Waals surface area contributed by atoms with Gasteiger partial charge < -0.3 is 5.73 Å². The van der Waals surface area contributed by atoms with Gasteiger partial charge in [0.25, 0.3) is 0 Å². The smallest absolute Gasteiger partial charge is 0.0201 e. The molecule has 0 aromatic heterocycles. The highest BCUT2D eigenvalue weighted by Crippen LogP contribution is 2.22. The molecular formula is C8H13N. The molecule has 0 saturated heterocycles. The predicted octanol–water partition coefficient (Wildman–Crippen LogP) is 1.61. The van der Waals surface area contributed by atoms with Crippen LogP contribution in [0.4, 0.5) is 0 Å². The fourth-order valence-corrected chi connectivity index (χ4v) is 1.14. The lowest BCUT2D eigenvalue weighted by Crippen LogP contribution is -2.36. The third-order valence-electron chi connectivity index (χ3n) is 1.57. The minimum atomic E-state index is -0.0359. The summed E-state index contributed by atoms with van der Waals surface area (Å²) in [6.45, 7) is 5.90. The van der Waals surface area contributed by atoms with Crippen molar-refractivity contribution < 1.29 is 0 Å². The second-order valence-corrected chi connectivity index (χ2v) is 3.10. The van der Waals surface area contributed by atoms with E-state index in [1.54, 1.807) is 0 Å². The van der Waals surface area contributed by atoms with Gasteiger partial charge in [0.05, 0.1) is 0 Å². The summed E-state index contributed by atoms with van der Waals surface area (Å²) in [7, 11) is 0. The molecule has 1 heteroatoms. The van der Waals surface area contributed by atoms with Crippen LogP contribution in [0.25, 0.3) is 0 Å². The molecule has 0 saturated carbocycles. The van der Waals surface area contributed by atoms with Gasteiger partial charge in [0.1, 0.15) is 0 Å². The first-order chi connectivity index (χ1) is 4.10. The number of allylic oxidation sites excluding steroid dienone is 1. The second-order valence-electron chi connectivity index (χ2n) is 3.10. The van der Waals surface area contributed by atoms with Crippen molar-refractivity contribution >= 4 is 0 Å². The minimum Gasteiger partial charge on any atom is -0.325 e. The van der Waals surface area contributed by atoms with Crippen molar-refractivity contribution in [3.05, 3.63) is 24.3 Å². The molecular weight excluding hydrogens is 110 g/mol. The Labute approximate surface area is 56.2 Å². The van der Waals surface area contributed by atoms with Crippen molar-refractivity contribution in [1.29, 1.82) is 0 Å². The van der Waals surface area contributed by atoms with E-state index in [-0.39, 0.29) is 5.54 Å². The van der Waals surface area contributed by atoms with Crippen LogP contribution in [0.3, 0.4) is 0 Å². The van der Waals surface area contributed by atoms with Crippen LogP contribution in [0, 0.1) is 0 Å². The van der Waals surface area contributed by atoms with Crippen molar-refractivity contribution in [3.8, 4) is 0 Å². The SMILES string of the molecule is C=C1C=CCC(C)(N)C1. The summed E-state index contributed by atoms with van der Waals surface area (Å²) >= 11 is 0. The van der Waals surface area contributed by atoms with E-state index in [9.17, 15) is 0 Å². The summed E-state index contributed by atoms with van der Waals surface area (Å²) in [5.41, 5.74) is 6.96. The standard InChI is InChI=1S/C8H13N/c1-7-4-3-5-8(2,9)6-7/h3-4H,1,5-6,9H2,2H3. The molecule has 0 aromatic rings. The van der Waals surface area contributed by atoms with E-state index in [0.717, 1.165) is 18.4 Å². The predicted molar refractivity (Wildman–Crippen MR) is 40.1 cm³/mol. The molecule has 2 N–H and O–H groups in total. The lowest BCUT2D eigenvalue weighted by molar-refractivity contribution is 0.465. The molecule has 0 amide bonds. The van der Waals surface area contributed by atoms with Gasteiger partial charge in [-0.3, -0.25) is 0 Å². The first-order valence-corrected chi connectivity index (χ1v) is 3.23. The van der Waals surface area contributed by atoms with Crippen LogP contribution in [0.15, 0.2) is 24.3 Å². The maximum Gasteiger partial charge on any atom is 0.0201 e. The number of hydrogen-bond donors (Lipinski definition) is 1. The Kier molecular flexibility index (Phi) is 1.45. The van der Waals surface area contributed by atoms with Crippen LogP contribution in [0.1, 0.15) is 19.8 Å². The Morgan fingerprint density at radius 3 is 2.78 bits per heavy atom. The Hall–Kier alpha value is -0.560. The van der Waals surface area contributed by atoms with E-state index in [0.29, 0.717) is 0 Å². The van der Waals surface area contributed by atoms with E-state index in [1.807, 2.05) is 0 Å². The van der Waals surface area contributed by atoms with E-state index >= 15 is 0 Å². The molecule has 1 nitrogen and oxygen atoms in total. The van der Waals surface area contributed by atoms with Crippen LogP contribution < -0.4 is 5.73 Å². The topological polar surface area (TPSA) is 26.0 Å². The molecule has 1 aliphatic carbocycles. The van der Waals surface area contributed by atoms with E-state index in [1.165, 1.54) is 0 Å². The van der Waals surface area contributed by atoms with Crippen molar-refractivity contribution in [3.63, 3.8) is 0 Å². The summed E-state index contributed by atoms with van der Waals surface area (Å²) in [4.78, 5) is 0. The molecule has 0 bridgehead atoms. The molecule has 0 spiro atoms. The number of nitrogens with two attached hydrogens (primary N) is 1. The van der Waals surface area contributed by atoms with Gasteiger partial charge in [-0.05, 0) is 19.8 Å². The third kappa shape index (κ3) is 1.68. The van der Waals surface area contributed by atoms with Crippen LogP contribution in [0.2, 0.25) is 0 Å². The summed E-state index contributed by atoms with van der Waals surface area (Å²) in [6, 6.07) is 0. The summed E-state index contributed by atoms with van der Waals surface area (Å²) in [6.07, 6.45) is 6.05. The molecule has 1 rings (SSSR count). The van der Waals surface area contributed by atoms with Gasteiger partial charge >= 0.3 is 0 Å². The normalized spacial score (nSPS) is 35.1. The molecule has 9 heavy (non-hydrogen) atoms. The van der Waals surface area contributed by atoms with Gasteiger partial charge in [-0.25, -0.2) is 0 Å². The monoisotopic (exact) mass is 123 g/mol. The largest absolute Gasteiger partial charge is 0.325 e. The summed E-state index contributed by atoms with van der Waals surface area (Å²) < 4.78 is 0. The van der Waals surface area contributed by atoms with Gasteiger partial charge in [-0.15, -0.1) is 0 Å². The highest BCUT2D eigenvalue weighted by molar-refractivity contribution is 5.22. The summed E-state index contributed by atoms with van der Waals surface area (Å²) in [5, 5.41) is 0. The Balaban J connectivity index is 2.68. The van der Waals surface area contributed by atoms with Gasteiger partial charge in [0.15, 0.2) is 0 Å². The van der Waals surface area contributed by atoms with E-state index in [2.05, 4.69) is 25.7 Å². The average molecular weight is 123 g/mol. The first-order valence-electron chi connectivity index (χ1n) is 3.23. The van der Waals surface area contributed by atoms with Crippen molar-refractivity contribution in [2.75, 3.05) is 0 Å². The van der Waals surface area contributed by atoms with E-state index in [4.69, 9.17) is 5.73 Å². The molecule has 0 heterocycles. The van der Waals surface area contributed by atoms with Crippen LogP contribution in [-0.4, -0.2) is 5.54 Å². The Morgan fingerprint density at radius 1 is 1.78 bits per heavy atom. The molecule has 0 aromatic carbocycles. The Morgan fingerprint density at radius 2 is 2.44 bits per heavy atom. The summed E-state index contributed by atoms with van der Waals surface area (Å²) in [5.74, 6) is 0. The molecule has 0 radical (unpaired) electrons. The highest BCUT2D eigenvalue weighted by atomic mass is 14.7. The maximum absolute atomic E-state index is 5.86.